The molecule has 134 valence electrons. The molecule has 0 bridgehead atoms. The smallest absolute Gasteiger partial charge is 0.137 e. The number of hydrogen-bond donors (Lipinski definition) is 1. The van der Waals surface area contributed by atoms with Gasteiger partial charge in [-0.3, -0.25) is 4.90 Å². The highest BCUT2D eigenvalue weighted by molar-refractivity contribution is 5.85. The van der Waals surface area contributed by atoms with Gasteiger partial charge in [-0.05, 0) is 50.2 Å². The van der Waals surface area contributed by atoms with Crippen molar-refractivity contribution in [1.82, 2.24) is 10.2 Å². The van der Waals surface area contributed by atoms with Crippen molar-refractivity contribution in [3.05, 3.63) is 48.0 Å². The second-order valence-corrected chi connectivity index (χ2v) is 5.80. The molecule has 1 aliphatic heterocycles. The Balaban J connectivity index is 0.00000144. The van der Waals surface area contributed by atoms with E-state index in [2.05, 4.69) is 17.1 Å². The van der Waals surface area contributed by atoms with Crippen LogP contribution in [0.15, 0.2) is 40.8 Å². The van der Waals surface area contributed by atoms with Crippen molar-refractivity contribution in [3.8, 4) is 11.3 Å². The van der Waals surface area contributed by atoms with E-state index in [-0.39, 0.29) is 30.6 Å². The number of benzene rings is 1. The molecule has 6 heteroatoms. The van der Waals surface area contributed by atoms with Gasteiger partial charge < -0.3 is 9.73 Å². The zero-order valence-electron chi connectivity index (χ0n) is 13.8. The zero-order valence-corrected chi connectivity index (χ0v) is 15.5. The summed E-state index contributed by atoms with van der Waals surface area (Å²) in [5.41, 5.74) is 0.515. The third kappa shape index (κ3) is 4.96. The standard InChI is InChI=1S/C18H23FN2O.2ClH/c1-2-21-11-5-6-14(21)12-20-13-15-9-10-18(22-15)16-7-3-4-8-17(16)19;;/h3-4,7-10,14,20H,2,5-6,11-13H2,1H3;2*1H. The highest BCUT2D eigenvalue weighted by Crippen LogP contribution is 2.24. The van der Waals surface area contributed by atoms with Gasteiger partial charge in [0.1, 0.15) is 17.3 Å². The number of likely N-dealkylation sites (N-methyl/N-ethyl adjacent to an activating group) is 1. The predicted molar refractivity (Wildman–Crippen MR) is 101 cm³/mol. The van der Waals surface area contributed by atoms with Crippen LogP contribution >= 0.6 is 24.8 Å². The molecular formula is C18H25Cl2FN2O. The summed E-state index contributed by atoms with van der Waals surface area (Å²) >= 11 is 0. The van der Waals surface area contributed by atoms with E-state index in [1.165, 1.54) is 25.5 Å². The van der Waals surface area contributed by atoms with Crippen LogP contribution in [0.2, 0.25) is 0 Å². The highest BCUT2D eigenvalue weighted by atomic mass is 35.5. The molecule has 24 heavy (non-hydrogen) atoms. The average Bonchev–Trinajstić information content (AvgIpc) is 3.17. The fourth-order valence-corrected chi connectivity index (χ4v) is 3.18. The lowest BCUT2D eigenvalue weighted by Crippen LogP contribution is -2.37. The lowest BCUT2D eigenvalue weighted by atomic mass is 10.1. The van der Waals surface area contributed by atoms with Crippen molar-refractivity contribution in [3.63, 3.8) is 0 Å². The monoisotopic (exact) mass is 374 g/mol. The van der Waals surface area contributed by atoms with Crippen molar-refractivity contribution in [2.75, 3.05) is 19.6 Å². The van der Waals surface area contributed by atoms with Crippen LogP contribution in [0.3, 0.4) is 0 Å². The lowest BCUT2D eigenvalue weighted by Gasteiger charge is -2.22. The molecule has 0 spiro atoms. The van der Waals surface area contributed by atoms with Gasteiger partial charge in [-0.2, -0.15) is 0 Å². The van der Waals surface area contributed by atoms with Crippen LogP contribution in [0.5, 0.6) is 0 Å². The van der Waals surface area contributed by atoms with Gasteiger partial charge in [-0.25, -0.2) is 4.39 Å². The summed E-state index contributed by atoms with van der Waals surface area (Å²) in [5, 5.41) is 3.46. The van der Waals surface area contributed by atoms with E-state index < -0.39 is 0 Å². The number of nitrogens with zero attached hydrogens (tertiary/aromatic N) is 1. The Morgan fingerprint density at radius 1 is 1.21 bits per heavy atom. The molecule has 1 atom stereocenters. The number of nitrogens with one attached hydrogen (secondary N) is 1. The zero-order chi connectivity index (χ0) is 15.4. The summed E-state index contributed by atoms with van der Waals surface area (Å²) in [6.07, 6.45) is 2.55. The molecule has 0 amide bonds. The van der Waals surface area contributed by atoms with E-state index in [1.54, 1.807) is 12.1 Å². The SMILES string of the molecule is CCN1CCCC1CNCc1ccc(-c2ccccc2F)o1.Cl.Cl. The molecule has 1 aliphatic rings. The first-order chi connectivity index (χ1) is 10.8. The lowest BCUT2D eigenvalue weighted by molar-refractivity contribution is 0.258. The maximum Gasteiger partial charge on any atom is 0.137 e. The molecule has 0 radical (unpaired) electrons. The molecule has 1 saturated heterocycles. The van der Waals surface area contributed by atoms with E-state index in [9.17, 15) is 4.39 Å². The number of halogens is 3. The summed E-state index contributed by atoms with van der Waals surface area (Å²) < 4.78 is 19.5. The third-order valence-corrected chi connectivity index (χ3v) is 4.39. The van der Waals surface area contributed by atoms with E-state index >= 15 is 0 Å². The molecule has 2 heterocycles. The molecule has 1 fully saturated rings. The van der Waals surface area contributed by atoms with Crippen molar-refractivity contribution in [2.24, 2.45) is 0 Å². The Bertz CT molecular complexity index is 621. The minimum Gasteiger partial charge on any atom is -0.460 e. The van der Waals surface area contributed by atoms with Gasteiger partial charge in [-0.1, -0.05) is 19.1 Å². The van der Waals surface area contributed by atoms with E-state index in [1.807, 2.05) is 18.2 Å². The van der Waals surface area contributed by atoms with Crippen LogP contribution in [0.25, 0.3) is 11.3 Å². The Labute approximate surface area is 155 Å². The highest BCUT2D eigenvalue weighted by Gasteiger charge is 2.22. The number of likely N-dealkylation sites (tertiary alicyclic amines) is 1. The first-order valence-corrected chi connectivity index (χ1v) is 8.06. The molecule has 1 N–H and O–H groups in total. The topological polar surface area (TPSA) is 28.4 Å². The van der Waals surface area contributed by atoms with E-state index in [0.29, 0.717) is 23.9 Å². The fourth-order valence-electron chi connectivity index (χ4n) is 3.18. The van der Waals surface area contributed by atoms with Crippen LogP contribution in [0.1, 0.15) is 25.5 Å². The molecule has 0 saturated carbocycles. The maximum atomic E-state index is 13.7. The van der Waals surface area contributed by atoms with Gasteiger partial charge in [0.15, 0.2) is 0 Å². The third-order valence-electron chi connectivity index (χ3n) is 4.39. The molecular weight excluding hydrogens is 350 g/mol. The summed E-state index contributed by atoms with van der Waals surface area (Å²) in [5.74, 6) is 1.19. The van der Waals surface area contributed by atoms with Crippen molar-refractivity contribution in [1.29, 1.82) is 0 Å². The predicted octanol–water partition coefficient (Wildman–Crippen LogP) is 4.50. The second kappa shape index (κ2) is 10.0. The van der Waals surface area contributed by atoms with Crippen LogP contribution < -0.4 is 5.32 Å². The van der Waals surface area contributed by atoms with Gasteiger partial charge in [-0.15, -0.1) is 24.8 Å². The number of rotatable bonds is 6. The second-order valence-electron chi connectivity index (χ2n) is 5.80. The van der Waals surface area contributed by atoms with Gasteiger partial charge in [0.2, 0.25) is 0 Å². The van der Waals surface area contributed by atoms with E-state index in [4.69, 9.17) is 4.42 Å². The van der Waals surface area contributed by atoms with Crippen LogP contribution in [0.4, 0.5) is 4.39 Å². The quantitative estimate of drug-likeness (QED) is 0.806. The average molecular weight is 375 g/mol. The summed E-state index contributed by atoms with van der Waals surface area (Å²) in [6.45, 7) is 6.20. The normalized spacial score (nSPS) is 17.3. The Morgan fingerprint density at radius 2 is 2.00 bits per heavy atom. The van der Waals surface area contributed by atoms with Gasteiger partial charge in [0, 0.05) is 12.6 Å². The summed E-state index contributed by atoms with van der Waals surface area (Å²) in [6, 6.07) is 11.1. The number of furan rings is 1. The Kier molecular flexibility index (Phi) is 8.78. The molecule has 3 nitrogen and oxygen atoms in total. The first-order valence-electron chi connectivity index (χ1n) is 8.06. The van der Waals surface area contributed by atoms with Crippen LogP contribution in [-0.4, -0.2) is 30.6 Å². The minimum absolute atomic E-state index is 0. The van der Waals surface area contributed by atoms with Crippen molar-refractivity contribution < 1.29 is 8.81 Å². The van der Waals surface area contributed by atoms with Gasteiger partial charge in [0.05, 0.1) is 12.1 Å². The minimum atomic E-state index is -0.249. The van der Waals surface area contributed by atoms with Gasteiger partial charge in [0.25, 0.3) is 0 Å². The Hall–Kier alpha value is -1.07. The molecule has 3 rings (SSSR count). The maximum absolute atomic E-state index is 13.7. The Morgan fingerprint density at radius 3 is 2.75 bits per heavy atom. The summed E-state index contributed by atoms with van der Waals surface area (Å²) in [7, 11) is 0. The summed E-state index contributed by atoms with van der Waals surface area (Å²) in [4.78, 5) is 2.51. The van der Waals surface area contributed by atoms with Crippen molar-refractivity contribution >= 4 is 24.8 Å². The van der Waals surface area contributed by atoms with E-state index in [0.717, 1.165) is 18.8 Å². The van der Waals surface area contributed by atoms with Crippen LogP contribution in [-0.2, 0) is 6.54 Å². The molecule has 1 aromatic carbocycles. The molecule has 1 unspecified atom stereocenters. The van der Waals surface area contributed by atoms with Crippen LogP contribution in [0, 0.1) is 5.82 Å². The van der Waals surface area contributed by atoms with Gasteiger partial charge >= 0.3 is 0 Å². The first kappa shape index (κ1) is 21.0. The molecule has 0 aliphatic carbocycles. The van der Waals surface area contributed by atoms with Crippen molar-refractivity contribution in [2.45, 2.75) is 32.4 Å². The fraction of sp³-hybridized carbons (Fsp3) is 0.444. The molecule has 2 aromatic rings. The number of hydrogen-bond acceptors (Lipinski definition) is 3. The molecule has 1 aromatic heterocycles. The largest absolute Gasteiger partial charge is 0.460 e.